The Labute approximate surface area is 159 Å². The maximum Gasteiger partial charge on any atom is 0.253 e. The number of amides is 2. The number of aryl methyl sites for hydroxylation is 2. The van der Waals surface area contributed by atoms with E-state index in [4.69, 9.17) is 9.47 Å². The molecule has 0 atom stereocenters. The van der Waals surface area contributed by atoms with E-state index in [2.05, 4.69) is 10.6 Å². The summed E-state index contributed by atoms with van der Waals surface area (Å²) in [6, 6.07) is 12.8. The molecule has 2 rings (SSSR count). The van der Waals surface area contributed by atoms with Crippen molar-refractivity contribution in [2.75, 3.05) is 32.7 Å². The highest BCUT2D eigenvalue weighted by atomic mass is 16.5. The van der Waals surface area contributed by atoms with Gasteiger partial charge in [0.15, 0.2) is 0 Å². The van der Waals surface area contributed by atoms with Gasteiger partial charge < -0.3 is 20.1 Å². The summed E-state index contributed by atoms with van der Waals surface area (Å²) in [5.74, 6) is 0.450. The SMILES string of the molecule is COCCNC(=O)c1ccccc1NC(=O)CCc1ccc(OC)c(C)c1. The average molecular weight is 370 g/mol. The van der Waals surface area contributed by atoms with Crippen LogP contribution in [0.4, 0.5) is 5.69 Å². The lowest BCUT2D eigenvalue weighted by Crippen LogP contribution is -2.28. The molecule has 0 bridgehead atoms. The van der Waals surface area contributed by atoms with Crippen molar-refractivity contribution in [2.24, 2.45) is 0 Å². The zero-order valence-corrected chi connectivity index (χ0v) is 16.0. The number of para-hydroxylation sites is 1. The molecule has 0 aliphatic carbocycles. The largest absolute Gasteiger partial charge is 0.496 e. The maximum atomic E-state index is 12.3. The second-order valence-corrected chi connectivity index (χ2v) is 6.15. The van der Waals surface area contributed by atoms with Crippen LogP contribution >= 0.6 is 0 Å². The van der Waals surface area contributed by atoms with Crippen molar-refractivity contribution in [3.63, 3.8) is 0 Å². The summed E-state index contributed by atoms with van der Waals surface area (Å²) >= 11 is 0. The van der Waals surface area contributed by atoms with E-state index in [0.717, 1.165) is 16.9 Å². The van der Waals surface area contributed by atoms with Gasteiger partial charge in [0.1, 0.15) is 5.75 Å². The summed E-state index contributed by atoms with van der Waals surface area (Å²) in [6.45, 7) is 2.82. The quantitative estimate of drug-likeness (QED) is 0.666. The van der Waals surface area contributed by atoms with E-state index in [1.165, 1.54) is 0 Å². The van der Waals surface area contributed by atoms with Gasteiger partial charge in [0.05, 0.1) is 25.0 Å². The van der Waals surface area contributed by atoms with Crippen LogP contribution in [0.2, 0.25) is 0 Å². The van der Waals surface area contributed by atoms with Gasteiger partial charge in [-0.3, -0.25) is 9.59 Å². The second kappa shape index (κ2) is 10.3. The Hall–Kier alpha value is -2.86. The molecule has 2 aromatic carbocycles. The van der Waals surface area contributed by atoms with Crippen LogP contribution in [0.3, 0.4) is 0 Å². The minimum atomic E-state index is -0.242. The molecule has 0 fully saturated rings. The Kier molecular flexibility index (Phi) is 7.82. The summed E-state index contributed by atoms with van der Waals surface area (Å²) in [5.41, 5.74) is 3.04. The molecule has 0 spiro atoms. The smallest absolute Gasteiger partial charge is 0.253 e. The minimum Gasteiger partial charge on any atom is -0.496 e. The van der Waals surface area contributed by atoms with Crippen molar-refractivity contribution in [2.45, 2.75) is 19.8 Å². The number of nitrogens with one attached hydrogen (secondary N) is 2. The summed E-state index contributed by atoms with van der Waals surface area (Å²) in [4.78, 5) is 24.6. The Morgan fingerprint density at radius 2 is 1.85 bits per heavy atom. The van der Waals surface area contributed by atoms with Gasteiger partial charge in [0.2, 0.25) is 5.91 Å². The molecule has 0 unspecified atom stereocenters. The zero-order chi connectivity index (χ0) is 19.6. The van der Waals surface area contributed by atoms with Gasteiger partial charge in [0, 0.05) is 20.1 Å². The Balaban J connectivity index is 1.95. The van der Waals surface area contributed by atoms with E-state index in [9.17, 15) is 9.59 Å². The maximum absolute atomic E-state index is 12.3. The molecule has 0 saturated carbocycles. The van der Waals surface area contributed by atoms with Crippen molar-refractivity contribution >= 4 is 17.5 Å². The van der Waals surface area contributed by atoms with Crippen LogP contribution in [0.15, 0.2) is 42.5 Å². The first-order valence-corrected chi connectivity index (χ1v) is 8.84. The Morgan fingerprint density at radius 3 is 2.56 bits per heavy atom. The molecule has 0 aliphatic rings. The molecular formula is C21H26N2O4. The van der Waals surface area contributed by atoms with Crippen LogP contribution in [0, 0.1) is 6.92 Å². The molecule has 2 N–H and O–H groups in total. The number of rotatable bonds is 9. The number of benzene rings is 2. The van der Waals surface area contributed by atoms with Crippen LogP contribution in [-0.2, 0) is 16.0 Å². The van der Waals surface area contributed by atoms with Gasteiger partial charge >= 0.3 is 0 Å². The van der Waals surface area contributed by atoms with Gasteiger partial charge in [-0.15, -0.1) is 0 Å². The van der Waals surface area contributed by atoms with E-state index >= 15 is 0 Å². The van der Waals surface area contributed by atoms with Crippen molar-refractivity contribution < 1.29 is 19.1 Å². The molecular weight excluding hydrogens is 344 g/mol. The third kappa shape index (κ3) is 6.11. The topological polar surface area (TPSA) is 76.7 Å². The number of ether oxygens (including phenoxy) is 2. The lowest BCUT2D eigenvalue weighted by atomic mass is 10.1. The normalized spacial score (nSPS) is 10.3. The molecule has 6 heteroatoms. The fraction of sp³-hybridized carbons (Fsp3) is 0.333. The van der Waals surface area contributed by atoms with Crippen LogP contribution in [0.1, 0.15) is 27.9 Å². The highest BCUT2D eigenvalue weighted by Crippen LogP contribution is 2.20. The van der Waals surface area contributed by atoms with E-state index < -0.39 is 0 Å². The highest BCUT2D eigenvalue weighted by molar-refractivity contribution is 6.03. The molecule has 0 aromatic heterocycles. The number of hydrogen-bond acceptors (Lipinski definition) is 4. The summed E-state index contributed by atoms with van der Waals surface area (Å²) in [7, 11) is 3.21. The van der Waals surface area contributed by atoms with Crippen LogP contribution in [0.25, 0.3) is 0 Å². The molecule has 0 radical (unpaired) electrons. The third-order valence-electron chi connectivity index (χ3n) is 4.14. The fourth-order valence-corrected chi connectivity index (χ4v) is 2.72. The number of hydrogen-bond donors (Lipinski definition) is 2. The number of carbonyl (C=O) groups is 2. The predicted octanol–water partition coefficient (Wildman–Crippen LogP) is 2.95. The van der Waals surface area contributed by atoms with Crippen molar-refractivity contribution in [1.82, 2.24) is 5.32 Å². The highest BCUT2D eigenvalue weighted by Gasteiger charge is 2.13. The van der Waals surface area contributed by atoms with Gasteiger partial charge in [-0.05, 0) is 42.7 Å². The van der Waals surface area contributed by atoms with Crippen LogP contribution in [0.5, 0.6) is 5.75 Å². The molecule has 2 amide bonds. The number of methoxy groups -OCH3 is 2. The van der Waals surface area contributed by atoms with E-state index in [1.807, 2.05) is 25.1 Å². The van der Waals surface area contributed by atoms with Crippen molar-refractivity contribution in [3.05, 3.63) is 59.2 Å². The monoisotopic (exact) mass is 370 g/mol. The molecule has 0 aliphatic heterocycles. The first kappa shape index (κ1) is 20.5. The summed E-state index contributed by atoms with van der Waals surface area (Å²) in [6.07, 6.45) is 0.935. The first-order chi connectivity index (χ1) is 13.0. The average Bonchev–Trinajstić information content (AvgIpc) is 2.67. The van der Waals surface area contributed by atoms with Crippen LogP contribution in [-0.4, -0.2) is 39.2 Å². The van der Waals surface area contributed by atoms with Crippen molar-refractivity contribution in [1.29, 1.82) is 0 Å². The number of anilines is 1. The fourth-order valence-electron chi connectivity index (χ4n) is 2.72. The Bertz CT molecular complexity index is 790. The predicted molar refractivity (Wildman–Crippen MR) is 105 cm³/mol. The van der Waals surface area contributed by atoms with Gasteiger partial charge in [-0.2, -0.15) is 0 Å². The zero-order valence-electron chi connectivity index (χ0n) is 16.0. The standard InChI is InChI=1S/C21H26N2O4/c1-15-14-16(8-10-19(15)27-3)9-11-20(24)23-18-7-5-4-6-17(18)21(25)22-12-13-26-2/h4-8,10,14H,9,11-13H2,1-3H3,(H,22,25)(H,23,24). The summed E-state index contributed by atoms with van der Waals surface area (Å²) in [5, 5.41) is 5.59. The molecule has 2 aromatic rings. The van der Waals surface area contributed by atoms with Crippen molar-refractivity contribution in [3.8, 4) is 5.75 Å². The molecule has 6 nitrogen and oxygen atoms in total. The number of carbonyl (C=O) groups excluding carboxylic acids is 2. The first-order valence-electron chi connectivity index (χ1n) is 8.84. The van der Waals surface area contributed by atoms with Gasteiger partial charge in [-0.1, -0.05) is 24.3 Å². The molecule has 0 heterocycles. The lowest BCUT2D eigenvalue weighted by Gasteiger charge is -2.12. The lowest BCUT2D eigenvalue weighted by molar-refractivity contribution is -0.116. The van der Waals surface area contributed by atoms with E-state index in [1.54, 1.807) is 38.5 Å². The molecule has 144 valence electrons. The minimum absolute atomic E-state index is 0.138. The van der Waals surface area contributed by atoms with Gasteiger partial charge in [-0.25, -0.2) is 0 Å². The second-order valence-electron chi connectivity index (χ2n) is 6.15. The van der Waals surface area contributed by atoms with Gasteiger partial charge in [0.25, 0.3) is 5.91 Å². The Morgan fingerprint density at radius 1 is 1.07 bits per heavy atom. The van der Waals surface area contributed by atoms with E-state index in [-0.39, 0.29) is 11.8 Å². The molecule has 27 heavy (non-hydrogen) atoms. The third-order valence-corrected chi connectivity index (χ3v) is 4.14. The van der Waals surface area contributed by atoms with Crippen LogP contribution < -0.4 is 15.4 Å². The van der Waals surface area contributed by atoms with E-state index in [0.29, 0.717) is 37.2 Å². The molecule has 0 saturated heterocycles. The summed E-state index contributed by atoms with van der Waals surface area (Å²) < 4.78 is 10.2.